The molecular formula is C12H18ClNS. The van der Waals surface area contributed by atoms with Gasteiger partial charge in [-0.25, -0.2) is 0 Å². The van der Waals surface area contributed by atoms with Crippen molar-refractivity contribution in [2.45, 2.75) is 44.7 Å². The predicted octanol–water partition coefficient (Wildman–Crippen LogP) is 3.65. The maximum absolute atomic E-state index is 6.21. The summed E-state index contributed by atoms with van der Waals surface area (Å²) in [5, 5.41) is 2.61. The predicted molar refractivity (Wildman–Crippen MR) is 67.8 cm³/mol. The summed E-state index contributed by atoms with van der Waals surface area (Å²) >= 11 is 8.04. The summed E-state index contributed by atoms with van der Waals surface area (Å²) in [6.45, 7) is 6.58. The number of aryl methyl sites for hydroxylation is 1. The van der Waals surface area contributed by atoms with Crippen LogP contribution in [0.1, 0.15) is 30.2 Å². The van der Waals surface area contributed by atoms with E-state index >= 15 is 0 Å². The first kappa shape index (κ1) is 11.4. The summed E-state index contributed by atoms with van der Waals surface area (Å²) < 4.78 is 0. The number of hydrogen-bond acceptors (Lipinski definition) is 2. The average molecular weight is 244 g/mol. The minimum Gasteiger partial charge on any atom is -0.295 e. The largest absolute Gasteiger partial charge is 0.295 e. The van der Waals surface area contributed by atoms with Gasteiger partial charge < -0.3 is 0 Å². The van der Waals surface area contributed by atoms with Crippen LogP contribution in [0.3, 0.4) is 0 Å². The van der Waals surface area contributed by atoms with Gasteiger partial charge in [-0.2, -0.15) is 0 Å². The summed E-state index contributed by atoms with van der Waals surface area (Å²) in [6, 6.07) is 2.97. The van der Waals surface area contributed by atoms with Crippen LogP contribution >= 0.6 is 22.9 Å². The van der Waals surface area contributed by atoms with Crippen LogP contribution in [0.5, 0.6) is 0 Å². The van der Waals surface area contributed by atoms with E-state index in [1.54, 1.807) is 0 Å². The highest BCUT2D eigenvalue weighted by atomic mass is 35.5. The molecule has 1 nitrogen and oxygen atoms in total. The van der Waals surface area contributed by atoms with E-state index in [9.17, 15) is 0 Å². The molecule has 0 bridgehead atoms. The fourth-order valence-corrected chi connectivity index (χ4v) is 3.17. The average Bonchev–Trinajstić information content (AvgIpc) is 2.58. The summed E-state index contributed by atoms with van der Waals surface area (Å²) in [7, 11) is 0. The molecule has 84 valence electrons. The van der Waals surface area contributed by atoms with E-state index in [0.29, 0.717) is 11.4 Å². The van der Waals surface area contributed by atoms with Gasteiger partial charge in [0.1, 0.15) is 0 Å². The highest BCUT2D eigenvalue weighted by Crippen LogP contribution is 2.24. The minimum absolute atomic E-state index is 0.348. The Bertz CT molecular complexity index is 323. The zero-order valence-electron chi connectivity index (χ0n) is 9.37. The van der Waals surface area contributed by atoms with Crippen molar-refractivity contribution in [2.75, 3.05) is 6.54 Å². The van der Waals surface area contributed by atoms with Gasteiger partial charge in [-0.15, -0.1) is 22.9 Å². The lowest BCUT2D eigenvalue weighted by molar-refractivity contribution is 0.155. The molecule has 3 heteroatoms. The fraction of sp³-hybridized carbons (Fsp3) is 0.667. The van der Waals surface area contributed by atoms with Crippen LogP contribution in [-0.4, -0.2) is 22.9 Å². The molecule has 1 aliphatic rings. The van der Waals surface area contributed by atoms with Crippen molar-refractivity contribution in [3.63, 3.8) is 0 Å². The Morgan fingerprint density at radius 3 is 3.00 bits per heavy atom. The second-order valence-corrected chi connectivity index (χ2v) is 6.25. The molecule has 2 rings (SSSR count). The first-order valence-corrected chi connectivity index (χ1v) is 6.89. The molecule has 2 unspecified atom stereocenters. The molecular weight excluding hydrogens is 226 g/mol. The molecule has 0 aromatic carbocycles. The number of alkyl halides is 1. The molecule has 1 saturated heterocycles. The maximum Gasteiger partial charge on any atom is 0.0464 e. The molecule has 2 atom stereocenters. The Balaban J connectivity index is 1.98. The zero-order chi connectivity index (χ0) is 10.8. The Hall–Kier alpha value is -0.0500. The van der Waals surface area contributed by atoms with Gasteiger partial charge in [0.2, 0.25) is 0 Å². The van der Waals surface area contributed by atoms with Gasteiger partial charge in [0, 0.05) is 29.4 Å². The molecule has 0 spiro atoms. The van der Waals surface area contributed by atoms with E-state index in [-0.39, 0.29) is 0 Å². The van der Waals surface area contributed by atoms with Crippen molar-refractivity contribution in [3.8, 4) is 0 Å². The summed E-state index contributed by atoms with van der Waals surface area (Å²) in [4.78, 5) is 3.90. The van der Waals surface area contributed by atoms with E-state index in [1.165, 1.54) is 23.3 Å². The number of likely N-dealkylation sites (tertiary alicyclic amines) is 1. The van der Waals surface area contributed by atoms with E-state index < -0.39 is 0 Å². The Morgan fingerprint density at radius 2 is 2.33 bits per heavy atom. The lowest BCUT2D eigenvalue weighted by Gasteiger charge is -2.35. The second kappa shape index (κ2) is 4.86. The lowest BCUT2D eigenvalue weighted by Crippen LogP contribution is -2.41. The molecule has 15 heavy (non-hydrogen) atoms. The number of piperidine rings is 1. The smallest absolute Gasteiger partial charge is 0.0464 e. The van der Waals surface area contributed by atoms with Gasteiger partial charge in [0.15, 0.2) is 0 Å². The van der Waals surface area contributed by atoms with Gasteiger partial charge in [0.05, 0.1) is 0 Å². The third kappa shape index (κ3) is 2.96. The molecule has 1 aromatic rings. The number of hydrogen-bond donors (Lipinski definition) is 0. The van der Waals surface area contributed by atoms with Gasteiger partial charge in [-0.1, -0.05) is 0 Å². The van der Waals surface area contributed by atoms with Crippen molar-refractivity contribution >= 4 is 22.9 Å². The van der Waals surface area contributed by atoms with Gasteiger partial charge in [-0.05, 0) is 43.7 Å². The summed E-state index contributed by atoms with van der Waals surface area (Å²) in [5.41, 5.74) is 1.44. The van der Waals surface area contributed by atoms with E-state index in [4.69, 9.17) is 11.6 Å². The highest BCUT2D eigenvalue weighted by Gasteiger charge is 2.23. The first-order valence-electron chi connectivity index (χ1n) is 5.57. The quantitative estimate of drug-likeness (QED) is 0.717. The number of halogens is 1. The van der Waals surface area contributed by atoms with Crippen molar-refractivity contribution < 1.29 is 0 Å². The van der Waals surface area contributed by atoms with E-state index in [0.717, 1.165) is 13.1 Å². The van der Waals surface area contributed by atoms with Crippen LogP contribution < -0.4 is 0 Å². The molecule has 1 aliphatic heterocycles. The van der Waals surface area contributed by atoms with Crippen LogP contribution in [0, 0.1) is 6.92 Å². The zero-order valence-corrected chi connectivity index (χ0v) is 10.9. The molecule has 1 fully saturated rings. The van der Waals surface area contributed by atoms with Gasteiger partial charge in [0.25, 0.3) is 0 Å². The fourth-order valence-electron chi connectivity index (χ4n) is 2.17. The number of thiophene rings is 1. The molecule has 0 aliphatic carbocycles. The maximum atomic E-state index is 6.21. The van der Waals surface area contributed by atoms with Crippen LogP contribution in [0.4, 0.5) is 0 Å². The highest BCUT2D eigenvalue weighted by molar-refractivity contribution is 7.10. The Kier molecular flexibility index (Phi) is 3.70. The molecule has 0 saturated carbocycles. The molecule has 1 aromatic heterocycles. The van der Waals surface area contributed by atoms with Crippen molar-refractivity contribution in [2.24, 2.45) is 0 Å². The molecule has 0 amide bonds. The summed E-state index contributed by atoms with van der Waals surface area (Å²) in [5.74, 6) is 0. The molecule has 2 heterocycles. The number of rotatable bonds is 2. The van der Waals surface area contributed by atoms with Gasteiger partial charge in [-0.3, -0.25) is 4.90 Å². The van der Waals surface area contributed by atoms with Crippen LogP contribution in [0.2, 0.25) is 0 Å². The Morgan fingerprint density at radius 1 is 1.53 bits per heavy atom. The first-order chi connectivity index (χ1) is 7.15. The normalized spacial score (nSPS) is 28.2. The van der Waals surface area contributed by atoms with Gasteiger partial charge >= 0.3 is 0 Å². The van der Waals surface area contributed by atoms with Crippen LogP contribution in [0.25, 0.3) is 0 Å². The molecule has 0 radical (unpaired) electrons. The van der Waals surface area contributed by atoms with E-state index in [1.807, 2.05) is 11.3 Å². The van der Waals surface area contributed by atoms with Crippen LogP contribution in [0.15, 0.2) is 11.4 Å². The van der Waals surface area contributed by atoms with Crippen molar-refractivity contribution in [1.82, 2.24) is 4.90 Å². The standard InChI is InChI=1S/C12H18ClNS/c1-9-3-4-12(13)7-14(9)6-11-5-10(2)15-8-11/h5,8-9,12H,3-4,6-7H2,1-2H3. The second-order valence-electron chi connectivity index (χ2n) is 4.52. The summed E-state index contributed by atoms with van der Waals surface area (Å²) in [6.07, 6.45) is 2.40. The lowest BCUT2D eigenvalue weighted by atomic mass is 10.0. The topological polar surface area (TPSA) is 3.24 Å². The molecule has 0 N–H and O–H groups in total. The minimum atomic E-state index is 0.348. The Labute approximate surface area is 101 Å². The SMILES string of the molecule is Cc1cc(CN2CC(Cl)CCC2C)cs1. The monoisotopic (exact) mass is 243 g/mol. The van der Waals surface area contributed by atoms with Crippen LogP contribution in [-0.2, 0) is 6.54 Å². The number of nitrogens with zero attached hydrogens (tertiary/aromatic N) is 1. The van der Waals surface area contributed by atoms with Crippen molar-refractivity contribution in [3.05, 3.63) is 21.9 Å². The van der Waals surface area contributed by atoms with Crippen molar-refractivity contribution in [1.29, 1.82) is 0 Å². The van der Waals surface area contributed by atoms with E-state index in [2.05, 4.69) is 30.2 Å². The third-order valence-corrected chi connectivity index (χ3v) is 4.39. The third-order valence-electron chi connectivity index (χ3n) is 3.12.